The maximum absolute atomic E-state index is 4.47. The SMILES string of the molecule is CC(C)Cc1cc(Br)nn1C(C)(C)C. The molecule has 0 aromatic carbocycles. The Balaban J connectivity index is 3.03. The summed E-state index contributed by atoms with van der Waals surface area (Å²) in [6.07, 6.45) is 1.08. The Morgan fingerprint density at radius 2 is 2.00 bits per heavy atom. The summed E-state index contributed by atoms with van der Waals surface area (Å²) in [4.78, 5) is 0. The highest BCUT2D eigenvalue weighted by molar-refractivity contribution is 9.10. The largest absolute Gasteiger partial charge is 0.263 e. The zero-order chi connectivity index (χ0) is 10.9. The van der Waals surface area contributed by atoms with E-state index in [0.29, 0.717) is 5.92 Å². The van der Waals surface area contributed by atoms with Gasteiger partial charge in [-0.15, -0.1) is 0 Å². The van der Waals surface area contributed by atoms with Crippen LogP contribution in [0.2, 0.25) is 0 Å². The Bertz CT molecular complexity index is 308. The molecule has 80 valence electrons. The summed E-state index contributed by atoms with van der Waals surface area (Å²) < 4.78 is 3.04. The minimum absolute atomic E-state index is 0.0657. The maximum Gasteiger partial charge on any atom is 0.128 e. The second-order valence-electron chi connectivity index (χ2n) is 5.14. The first kappa shape index (κ1) is 11.8. The third-order valence-electron chi connectivity index (χ3n) is 2.01. The lowest BCUT2D eigenvalue weighted by molar-refractivity contribution is 0.337. The van der Waals surface area contributed by atoms with E-state index in [1.807, 2.05) is 0 Å². The van der Waals surface area contributed by atoms with Gasteiger partial charge in [-0.3, -0.25) is 4.68 Å². The van der Waals surface area contributed by atoms with Crippen LogP contribution < -0.4 is 0 Å². The van der Waals surface area contributed by atoms with Crippen molar-refractivity contribution in [2.75, 3.05) is 0 Å². The topological polar surface area (TPSA) is 17.8 Å². The number of rotatable bonds is 2. The number of nitrogens with zero attached hydrogens (tertiary/aromatic N) is 2. The molecule has 0 fully saturated rings. The van der Waals surface area contributed by atoms with Gasteiger partial charge >= 0.3 is 0 Å². The van der Waals surface area contributed by atoms with Gasteiger partial charge in [0.2, 0.25) is 0 Å². The highest BCUT2D eigenvalue weighted by atomic mass is 79.9. The fourth-order valence-corrected chi connectivity index (χ4v) is 1.95. The summed E-state index contributed by atoms with van der Waals surface area (Å²) in [6, 6.07) is 2.12. The first-order valence-electron chi connectivity index (χ1n) is 5.05. The fraction of sp³-hybridized carbons (Fsp3) is 0.727. The van der Waals surface area contributed by atoms with Crippen molar-refractivity contribution < 1.29 is 0 Å². The van der Waals surface area contributed by atoms with Crippen LogP contribution >= 0.6 is 15.9 Å². The van der Waals surface area contributed by atoms with Gasteiger partial charge in [0.1, 0.15) is 4.60 Å². The van der Waals surface area contributed by atoms with E-state index < -0.39 is 0 Å². The molecule has 0 N–H and O–H groups in total. The summed E-state index contributed by atoms with van der Waals surface area (Å²) in [7, 11) is 0. The van der Waals surface area contributed by atoms with Crippen LogP contribution in [0, 0.1) is 5.92 Å². The molecule has 0 aliphatic heterocycles. The fourth-order valence-electron chi connectivity index (χ4n) is 1.53. The molecule has 0 saturated carbocycles. The van der Waals surface area contributed by atoms with E-state index in [4.69, 9.17) is 0 Å². The van der Waals surface area contributed by atoms with Crippen LogP contribution in [0.1, 0.15) is 40.3 Å². The number of aromatic nitrogens is 2. The highest BCUT2D eigenvalue weighted by Crippen LogP contribution is 2.22. The molecule has 0 aliphatic carbocycles. The highest BCUT2D eigenvalue weighted by Gasteiger charge is 2.19. The van der Waals surface area contributed by atoms with Crippen molar-refractivity contribution in [3.05, 3.63) is 16.4 Å². The van der Waals surface area contributed by atoms with Crippen molar-refractivity contribution >= 4 is 15.9 Å². The van der Waals surface area contributed by atoms with E-state index in [1.54, 1.807) is 0 Å². The Hall–Kier alpha value is -0.310. The third-order valence-corrected chi connectivity index (χ3v) is 2.39. The Morgan fingerprint density at radius 1 is 1.43 bits per heavy atom. The summed E-state index contributed by atoms with van der Waals surface area (Å²) in [5.74, 6) is 0.666. The second kappa shape index (κ2) is 4.05. The smallest absolute Gasteiger partial charge is 0.128 e. The third kappa shape index (κ3) is 2.84. The zero-order valence-electron chi connectivity index (χ0n) is 9.63. The second-order valence-corrected chi connectivity index (χ2v) is 5.95. The van der Waals surface area contributed by atoms with E-state index in [9.17, 15) is 0 Å². The van der Waals surface area contributed by atoms with Gasteiger partial charge in [0, 0.05) is 5.69 Å². The summed E-state index contributed by atoms with van der Waals surface area (Å²) >= 11 is 3.43. The van der Waals surface area contributed by atoms with Crippen LogP contribution in [0.25, 0.3) is 0 Å². The van der Waals surface area contributed by atoms with E-state index >= 15 is 0 Å². The molecule has 0 aliphatic rings. The van der Waals surface area contributed by atoms with E-state index in [2.05, 4.69) is 66.4 Å². The van der Waals surface area contributed by atoms with Crippen molar-refractivity contribution in [1.82, 2.24) is 9.78 Å². The van der Waals surface area contributed by atoms with Gasteiger partial charge in [-0.2, -0.15) is 5.10 Å². The van der Waals surface area contributed by atoms with E-state index in [1.165, 1.54) is 5.69 Å². The lowest BCUT2D eigenvalue weighted by Gasteiger charge is -2.23. The molecule has 0 atom stereocenters. The minimum atomic E-state index is 0.0657. The van der Waals surface area contributed by atoms with Gasteiger partial charge < -0.3 is 0 Å². The summed E-state index contributed by atoms with van der Waals surface area (Å²) in [5.41, 5.74) is 1.37. The Morgan fingerprint density at radius 3 is 2.43 bits per heavy atom. The van der Waals surface area contributed by atoms with Crippen LogP contribution in [0.4, 0.5) is 0 Å². The number of halogens is 1. The molecule has 0 radical (unpaired) electrons. The molecule has 14 heavy (non-hydrogen) atoms. The zero-order valence-corrected chi connectivity index (χ0v) is 11.2. The molecule has 0 spiro atoms. The van der Waals surface area contributed by atoms with Gasteiger partial charge in [-0.25, -0.2) is 0 Å². The van der Waals surface area contributed by atoms with Crippen LogP contribution in [0.15, 0.2) is 10.7 Å². The van der Waals surface area contributed by atoms with Crippen molar-refractivity contribution in [1.29, 1.82) is 0 Å². The molecular formula is C11H19BrN2. The molecule has 0 unspecified atom stereocenters. The van der Waals surface area contributed by atoms with Crippen molar-refractivity contribution in [3.8, 4) is 0 Å². The minimum Gasteiger partial charge on any atom is -0.263 e. The normalized spacial score (nSPS) is 12.5. The van der Waals surface area contributed by atoms with Crippen LogP contribution in [0.3, 0.4) is 0 Å². The monoisotopic (exact) mass is 258 g/mol. The van der Waals surface area contributed by atoms with Gasteiger partial charge in [0.05, 0.1) is 5.54 Å². The molecule has 1 aromatic heterocycles. The summed E-state index contributed by atoms with van der Waals surface area (Å²) in [6.45, 7) is 11.0. The molecule has 2 nitrogen and oxygen atoms in total. The van der Waals surface area contributed by atoms with Crippen molar-refractivity contribution in [3.63, 3.8) is 0 Å². The van der Waals surface area contributed by atoms with E-state index in [0.717, 1.165) is 11.0 Å². The van der Waals surface area contributed by atoms with Crippen LogP contribution in [-0.4, -0.2) is 9.78 Å². The lowest BCUT2D eigenvalue weighted by atomic mass is 10.1. The molecule has 1 rings (SSSR count). The Labute approximate surface area is 94.8 Å². The Kier molecular flexibility index (Phi) is 3.40. The quantitative estimate of drug-likeness (QED) is 0.793. The standard InChI is InChI=1S/C11H19BrN2/c1-8(2)6-9-7-10(12)13-14(9)11(3,4)5/h7-8H,6H2,1-5H3. The molecule has 0 amide bonds. The predicted octanol–water partition coefficient (Wildman–Crippen LogP) is 3.60. The summed E-state index contributed by atoms with van der Waals surface area (Å²) in [5, 5.41) is 4.47. The predicted molar refractivity (Wildman–Crippen MR) is 63.5 cm³/mol. The average molecular weight is 259 g/mol. The van der Waals surface area contributed by atoms with Crippen LogP contribution in [-0.2, 0) is 12.0 Å². The molecule has 3 heteroatoms. The average Bonchev–Trinajstić information content (AvgIpc) is 2.28. The van der Waals surface area contributed by atoms with Gasteiger partial charge in [-0.1, -0.05) is 13.8 Å². The molecule has 0 bridgehead atoms. The first-order chi connectivity index (χ1) is 6.30. The lowest BCUT2D eigenvalue weighted by Crippen LogP contribution is -2.25. The molecule has 0 saturated heterocycles. The van der Waals surface area contributed by atoms with Gasteiger partial charge in [-0.05, 0) is 55.1 Å². The number of hydrogen-bond acceptors (Lipinski definition) is 1. The maximum atomic E-state index is 4.47. The molecule has 1 aromatic rings. The first-order valence-corrected chi connectivity index (χ1v) is 5.85. The number of hydrogen-bond donors (Lipinski definition) is 0. The van der Waals surface area contributed by atoms with Crippen molar-refractivity contribution in [2.24, 2.45) is 5.92 Å². The van der Waals surface area contributed by atoms with Gasteiger partial charge in [0.25, 0.3) is 0 Å². The van der Waals surface area contributed by atoms with E-state index in [-0.39, 0.29) is 5.54 Å². The van der Waals surface area contributed by atoms with Gasteiger partial charge in [0.15, 0.2) is 0 Å². The molecular weight excluding hydrogens is 240 g/mol. The molecule has 1 heterocycles. The van der Waals surface area contributed by atoms with Crippen LogP contribution in [0.5, 0.6) is 0 Å². The van der Waals surface area contributed by atoms with Crippen molar-refractivity contribution in [2.45, 2.75) is 46.6 Å².